The summed E-state index contributed by atoms with van der Waals surface area (Å²) in [6, 6.07) is 6.22. The molecule has 2 aliphatic rings. The summed E-state index contributed by atoms with van der Waals surface area (Å²) in [5.74, 6) is -0.334. The minimum absolute atomic E-state index is 0.176. The van der Waals surface area contributed by atoms with Crippen molar-refractivity contribution in [2.45, 2.75) is 85.9 Å². The number of nitrogens with zero attached hydrogens (tertiary/aromatic N) is 1. The fourth-order valence-corrected chi connectivity index (χ4v) is 5.23. The molecule has 2 aliphatic heterocycles. The van der Waals surface area contributed by atoms with Crippen LogP contribution in [0.4, 0.5) is 0 Å². The zero-order valence-corrected chi connectivity index (χ0v) is 23.2. The van der Waals surface area contributed by atoms with Crippen LogP contribution in [0.1, 0.15) is 59.1 Å². The fraction of sp³-hybridized carbons (Fsp3) is 0.593. The van der Waals surface area contributed by atoms with Gasteiger partial charge >= 0.3 is 11.9 Å². The van der Waals surface area contributed by atoms with Gasteiger partial charge < -0.3 is 18.9 Å². The van der Waals surface area contributed by atoms with E-state index in [1.807, 2.05) is 19.9 Å². The smallest absolute Gasteiger partial charge is 0.303 e. The van der Waals surface area contributed by atoms with Crippen LogP contribution in [-0.2, 0) is 35.0 Å². The first-order valence-corrected chi connectivity index (χ1v) is 13.0. The molecular formula is C27H36BrNO6. The van der Waals surface area contributed by atoms with E-state index < -0.39 is 30.4 Å². The van der Waals surface area contributed by atoms with Crippen LogP contribution in [-0.4, -0.2) is 49.0 Å². The molecule has 0 N–H and O–H groups in total. The number of halogens is 1. The number of aryl methyl sites for hydroxylation is 1. The standard InChI is InChI=1S/C27H36BrNO6/c1-8-23-16(5)24(32-17(6)30)25(33-18(7)31)27(34-23)35-26-21(22(13-29-26)14(2)3)12-19-9-10-20(28)11-15(19)4/h9-11,14,16,23-25,27H,8,12-13H2,1-7H3/t16-,23-,24+,25-,27+/m1/s1. The van der Waals surface area contributed by atoms with Crippen molar-refractivity contribution in [2.24, 2.45) is 16.8 Å². The molecule has 0 aromatic heterocycles. The lowest BCUT2D eigenvalue weighted by atomic mass is 9.89. The van der Waals surface area contributed by atoms with E-state index in [2.05, 4.69) is 48.8 Å². The van der Waals surface area contributed by atoms with Crippen molar-refractivity contribution < 1.29 is 28.5 Å². The lowest BCUT2D eigenvalue weighted by Gasteiger charge is -2.43. The number of hydrogen-bond acceptors (Lipinski definition) is 7. The molecule has 5 atom stereocenters. The van der Waals surface area contributed by atoms with Gasteiger partial charge in [-0.05, 0) is 48.1 Å². The van der Waals surface area contributed by atoms with Crippen molar-refractivity contribution in [3.63, 3.8) is 0 Å². The molecule has 1 aromatic rings. The number of esters is 2. The Balaban J connectivity index is 1.94. The first-order chi connectivity index (χ1) is 16.5. The van der Waals surface area contributed by atoms with E-state index in [0.29, 0.717) is 31.2 Å². The summed E-state index contributed by atoms with van der Waals surface area (Å²) in [7, 11) is 0. The molecule has 7 nitrogen and oxygen atoms in total. The second kappa shape index (κ2) is 11.7. The van der Waals surface area contributed by atoms with Crippen LogP contribution in [0.25, 0.3) is 0 Å². The van der Waals surface area contributed by atoms with Crippen LogP contribution in [0.3, 0.4) is 0 Å². The molecule has 0 amide bonds. The first kappa shape index (κ1) is 27.4. The molecule has 8 heteroatoms. The lowest BCUT2D eigenvalue weighted by Crippen LogP contribution is -2.57. The van der Waals surface area contributed by atoms with Crippen molar-refractivity contribution in [1.29, 1.82) is 0 Å². The number of hydrogen-bond donors (Lipinski definition) is 0. The van der Waals surface area contributed by atoms with Gasteiger partial charge in [0.15, 0.2) is 0 Å². The Morgan fingerprint density at radius 3 is 2.40 bits per heavy atom. The summed E-state index contributed by atoms with van der Waals surface area (Å²) in [6.07, 6.45) is -1.42. The van der Waals surface area contributed by atoms with E-state index in [4.69, 9.17) is 23.9 Å². The Kier molecular flexibility index (Phi) is 9.16. The van der Waals surface area contributed by atoms with Crippen LogP contribution in [0, 0.1) is 18.8 Å². The molecule has 0 unspecified atom stereocenters. The summed E-state index contributed by atoms with van der Waals surface area (Å²) in [4.78, 5) is 28.6. The van der Waals surface area contributed by atoms with E-state index >= 15 is 0 Å². The lowest BCUT2D eigenvalue weighted by molar-refractivity contribution is -0.270. The van der Waals surface area contributed by atoms with Gasteiger partial charge in [-0.25, -0.2) is 4.99 Å². The number of aliphatic imine (C=N–C) groups is 1. The van der Waals surface area contributed by atoms with Gasteiger partial charge in [0.05, 0.1) is 12.6 Å². The predicted molar refractivity (Wildman–Crippen MR) is 137 cm³/mol. The molecule has 0 saturated carbocycles. The molecule has 1 fully saturated rings. The monoisotopic (exact) mass is 549 g/mol. The van der Waals surface area contributed by atoms with Gasteiger partial charge in [-0.1, -0.05) is 49.7 Å². The van der Waals surface area contributed by atoms with Crippen molar-refractivity contribution in [1.82, 2.24) is 0 Å². The zero-order chi connectivity index (χ0) is 25.9. The molecule has 0 bridgehead atoms. The highest BCUT2D eigenvalue weighted by atomic mass is 79.9. The van der Waals surface area contributed by atoms with Crippen LogP contribution < -0.4 is 0 Å². The second-order valence-corrected chi connectivity index (χ2v) is 10.5. The first-order valence-electron chi connectivity index (χ1n) is 12.2. The largest absolute Gasteiger partial charge is 0.458 e. The molecule has 1 saturated heterocycles. The van der Waals surface area contributed by atoms with Crippen LogP contribution in [0.2, 0.25) is 0 Å². The van der Waals surface area contributed by atoms with Crippen LogP contribution in [0.5, 0.6) is 0 Å². The number of ether oxygens (including phenoxy) is 4. The molecule has 0 spiro atoms. The van der Waals surface area contributed by atoms with Crippen LogP contribution in [0.15, 0.2) is 38.8 Å². The highest BCUT2D eigenvalue weighted by molar-refractivity contribution is 9.10. The van der Waals surface area contributed by atoms with E-state index in [1.165, 1.54) is 30.5 Å². The maximum Gasteiger partial charge on any atom is 0.303 e. The molecule has 1 aromatic carbocycles. The normalized spacial score (nSPS) is 26.5. The van der Waals surface area contributed by atoms with E-state index in [-0.39, 0.29) is 12.0 Å². The van der Waals surface area contributed by atoms with Gasteiger partial charge in [0.25, 0.3) is 0 Å². The van der Waals surface area contributed by atoms with Gasteiger partial charge in [-0.2, -0.15) is 0 Å². The van der Waals surface area contributed by atoms with Crippen molar-refractivity contribution in [3.8, 4) is 0 Å². The molecular weight excluding hydrogens is 514 g/mol. The molecule has 3 rings (SSSR count). The van der Waals surface area contributed by atoms with E-state index in [9.17, 15) is 9.59 Å². The third-order valence-corrected chi connectivity index (χ3v) is 7.14. The molecule has 0 aliphatic carbocycles. The van der Waals surface area contributed by atoms with Gasteiger partial charge in [0.1, 0.15) is 6.10 Å². The molecule has 35 heavy (non-hydrogen) atoms. The van der Waals surface area contributed by atoms with Gasteiger partial charge in [0.2, 0.25) is 18.3 Å². The number of rotatable bonds is 7. The number of benzene rings is 1. The molecule has 2 heterocycles. The molecule has 0 radical (unpaired) electrons. The fourth-order valence-electron chi connectivity index (χ4n) is 4.75. The second-order valence-electron chi connectivity index (χ2n) is 9.60. The van der Waals surface area contributed by atoms with E-state index in [0.717, 1.165) is 10.0 Å². The quantitative estimate of drug-likeness (QED) is 0.428. The van der Waals surface area contributed by atoms with E-state index in [1.54, 1.807) is 0 Å². The summed E-state index contributed by atoms with van der Waals surface area (Å²) in [6.45, 7) is 13.5. The summed E-state index contributed by atoms with van der Waals surface area (Å²) in [5.41, 5.74) is 4.58. The topological polar surface area (TPSA) is 83.4 Å². The van der Waals surface area contributed by atoms with Crippen LogP contribution >= 0.6 is 15.9 Å². The average Bonchev–Trinajstić information content (AvgIpc) is 3.16. The van der Waals surface area contributed by atoms with Crippen molar-refractivity contribution >= 4 is 33.8 Å². The summed E-state index contributed by atoms with van der Waals surface area (Å²) >= 11 is 3.53. The molecule has 192 valence electrons. The van der Waals surface area contributed by atoms with Gasteiger partial charge in [-0.3, -0.25) is 9.59 Å². The Bertz CT molecular complexity index is 1020. The van der Waals surface area contributed by atoms with Gasteiger partial charge in [0, 0.05) is 36.2 Å². The highest BCUT2D eigenvalue weighted by Crippen LogP contribution is 2.35. The summed E-state index contributed by atoms with van der Waals surface area (Å²) in [5, 5.41) is 0. The number of carbonyl (C=O) groups is 2. The third-order valence-electron chi connectivity index (χ3n) is 6.65. The van der Waals surface area contributed by atoms with Gasteiger partial charge in [-0.15, -0.1) is 0 Å². The SMILES string of the molecule is CC[C@H]1O[C@@H](OC2=NCC(C(C)C)=C2Cc2ccc(Br)cc2C)[C@H](OC(C)=O)[C@@H](OC(C)=O)[C@@H]1C. The Labute approximate surface area is 216 Å². The number of carbonyl (C=O) groups excluding carboxylic acids is 2. The zero-order valence-electron chi connectivity index (χ0n) is 21.6. The third kappa shape index (κ3) is 6.53. The van der Waals surface area contributed by atoms with Crippen molar-refractivity contribution in [2.75, 3.05) is 6.54 Å². The summed E-state index contributed by atoms with van der Waals surface area (Å²) < 4.78 is 24.9. The Morgan fingerprint density at radius 2 is 1.83 bits per heavy atom. The minimum atomic E-state index is -0.948. The maximum absolute atomic E-state index is 12.0. The average molecular weight is 550 g/mol. The minimum Gasteiger partial charge on any atom is -0.458 e. The maximum atomic E-state index is 12.0. The Morgan fingerprint density at radius 1 is 1.17 bits per heavy atom. The Hall–Kier alpha value is -2.19. The predicted octanol–water partition coefficient (Wildman–Crippen LogP) is 5.32. The van der Waals surface area contributed by atoms with Crippen molar-refractivity contribution in [3.05, 3.63) is 44.9 Å². The highest BCUT2D eigenvalue weighted by Gasteiger charge is 2.49.